The molecule has 2 fully saturated rings. The maximum Gasteiger partial charge on any atom is 0.410 e. The molecule has 2 atom stereocenters. The number of piperazine rings is 1. The van der Waals surface area contributed by atoms with Crippen LogP contribution in [0.2, 0.25) is 0 Å². The summed E-state index contributed by atoms with van der Waals surface area (Å²) in [5.74, 6) is -1.37. The van der Waals surface area contributed by atoms with Crippen molar-refractivity contribution in [3.63, 3.8) is 0 Å². The van der Waals surface area contributed by atoms with Crippen molar-refractivity contribution in [3.8, 4) is 0 Å². The molecule has 0 spiro atoms. The Morgan fingerprint density at radius 3 is 2.16 bits per heavy atom. The van der Waals surface area contributed by atoms with Crippen LogP contribution in [0.5, 0.6) is 0 Å². The van der Waals surface area contributed by atoms with Crippen molar-refractivity contribution in [2.75, 3.05) is 39.3 Å². The molecule has 2 rings (SSSR count). The zero-order valence-electron chi connectivity index (χ0n) is 16.2. The number of ether oxygens (including phenoxy) is 1. The third-order valence-electron chi connectivity index (χ3n) is 5.02. The van der Waals surface area contributed by atoms with Gasteiger partial charge in [-0.25, -0.2) is 4.79 Å². The molecule has 0 aromatic carbocycles. The Hall–Kier alpha value is -1.34. The number of carbonyl (C=O) groups is 2. The first-order chi connectivity index (χ1) is 11.6. The molecular weight excluding hydrogens is 322 g/mol. The van der Waals surface area contributed by atoms with Crippen LogP contribution in [0.25, 0.3) is 0 Å². The van der Waals surface area contributed by atoms with Gasteiger partial charge in [0.15, 0.2) is 0 Å². The Morgan fingerprint density at radius 2 is 1.68 bits per heavy atom. The van der Waals surface area contributed by atoms with Crippen molar-refractivity contribution >= 4 is 12.1 Å². The molecule has 7 heteroatoms. The standard InChI is InChI=1S/C18H33N3O4/c1-13(2)19-6-8-20(9-7-19)15-10-14(16(22)23)11-21(12-15)17(24)25-18(3,4)5/h13-15H,6-12H2,1-5H3,(H,22,23)/t14-,15+/m1/s1. The van der Waals surface area contributed by atoms with E-state index in [1.807, 2.05) is 20.8 Å². The van der Waals surface area contributed by atoms with Crippen molar-refractivity contribution in [3.05, 3.63) is 0 Å². The predicted octanol–water partition coefficient (Wildman–Crippen LogP) is 1.72. The van der Waals surface area contributed by atoms with Crippen LogP contribution in [-0.4, -0.2) is 88.8 Å². The van der Waals surface area contributed by atoms with Crippen molar-refractivity contribution in [1.82, 2.24) is 14.7 Å². The number of hydrogen-bond donors (Lipinski definition) is 1. The van der Waals surface area contributed by atoms with Gasteiger partial charge < -0.3 is 14.7 Å². The Morgan fingerprint density at radius 1 is 1.08 bits per heavy atom. The van der Waals surface area contributed by atoms with Gasteiger partial charge in [0.1, 0.15) is 5.60 Å². The Balaban J connectivity index is 2.02. The molecule has 2 saturated heterocycles. The Labute approximate surface area is 150 Å². The maximum absolute atomic E-state index is 12.4. The molecule has 2 aliphatic rings. The van der Waals surface area contributed by atoms with E-state index >= 15 is 0 Å². The van der Waals surface area contributed by atoms with Gasteiger partial charge in [0.05, 0.1) is 5.92 Å². The fourth-order valence-corrected chi connectivity index (χ4v) is 3.61. The van der Waals surface area contributed by atoms with Crippen LogP contribution in [0, 0.1) is 5.92 Å². The molecular formula is C18H33N3O4. The van der Waals surface area contributed by atoms with E-state index in [1.54, 1.807) is 4.90 Å². The molecule has 0 unspecified atom stereocenters. The van der Waals surface area contributed by atoms with E-state index in [4.69, 9.17) is 4.74 Å². The molecule has 0 saturated carbocycles. The molecule has 0 bridgehead atoms. The minimum atomic E-state index is -0.834. The number of nitrogens with zero attached hydrogens (tertiary/aromatic N) is 3. The van der Waals surface area contributed by atoms with Gasteiger partial charge in [0.2, 0.25) is 0 Å². The molecule has 1 N–H and O–H groups in total. The highest BCUT2D eigenvalue weighted by atomic mass is 16.6. The number of carboxylic acid groups (broad SMARTS) is 1. The van der Waals surface area contributed by atoms with Crippen molar-refractivity contribution < 1.29 is 19.4 Å². The second-order valence-electron chi connectivity index (χ2n) is 8.48. The molecule has 144 valence electrons. The lowest BCUT2D eigenvalue weighted by Gasteiger charge is -2.45. The highest BCUT2D eigenvalue weighted by molar-refractivity contribution is 5.73. The van der Waals surface area contributed by atoms with E-state index in [2.05, 4.69) is 23.6 Å². The van der Waals surface area contributed by atoms with E-state index in [-0.39, 0.29) is 12.6 Å². The van der Waals surface area contributed by atoms with Crippen LogP contribution < -0.4 is 0 Å². The molecule has 0 radical (unpaired) electrons. The number of piperidine rings is 1. The fraction of sp³-hybridized carbons (Fsp3) is 0.889. The summed E-state index contributed by atoms with van der Waals surface area (Å²) in [6.45, 7) is 14.4. The predicted molar refractivity (Wildman–Crippen MR) is 95.6 cm³/mol. The zero-order valence-corrected chi connectivity index (χ0v) is 16.2. The number of hydrogen-bond acceptors (Lipinski definition) is 5. The van der Waals surface area contributed by atoms with Gasteiger partial charge in [-0.2, -0.15) is 0 Å². The van der Waals surface area contributed by atoms with Gasteiger partial charge in [-0.1, -0.05) is 0 Å². The van der Waals surface area contributed by atoms with Gasteiger partial charge in [-0.05, 0) is 41.0 Å². The Kier molecular flexibility index (Phi) is 6.32. The minimum Gasteiger partial charge on any atom is -0.481 e. The third-order valence-corrected chi connectivity index (χ3v) is 5.02. The Bertz CT molecular complexity index is 481. The number of likely N-dealkylation sites (tertiary alicyclic amines) is 1. The van der Waals surface area contributed by atoms with Crippen LogP contribution in [0.15, 0.2) is 0 Å². The molecule has 2 heterocycles. The number of rotatable bonds is 3. The van der Waals surface area contributed by atoms with E-state index in [0.29, 0.717) is 19.0 Å². The summed E-state index contributed by atoms with van der Waals surface area (Å²) in [7, 11) is 0. The molecule has 7 nitrogen and oxygen atoms in total. The molecule has 0 aromatic rings. The average molecular weight is 355 g/mol. The molecule has 25 heavy (non-hydrogen) atoms. The minimum absolute atomic E-state index is 0.0803. The van der Waals surface area contributed by atoms with Gasteiger partial charge in [-0.3, -0.25) is 14.6 Å². The molecule has 0 aromatic heterocycles. The summed E-state index contributed by atoms with van der Waals surface area (Å²) in [5.41, 5.74) is -0.578. The lowest BCUT2D eigenvalue weighted by atomic mass is 9.93. The quantitative estimate of drug-likeness (QED) is 0.831. The number of carbonyl (C=O) groups excluding carboxylic acids is 1. The van der Waals surface area contributed by atoms with E-state index in [0.717, 1.165) is 26.2 Å². The van der Waals surface area contributed by atoms with Crippen LogP contribution in [0.4, 0.5) is 4.79 Å². The topological polar surface area (TPSA) is 73.3 Å². The highest BCUT2D eigenvalue weighted by Crippen LogP contribution is 2.24. The van der Waals surface area contributed by atoms with Crippen LogP contribution in [0.1, 0.15) is 41.0 Å². The summed E-state index contributed by atoms with van der Waals surface area (Å²) in [5, 5.41) is 9.50. The van der Waals surface area contributed by atoms with Crippen molar-refractivity contribution in [2.45, 2.75) is 58.7 Å². The smallest absolute Gasteiger partial charge is 0.410 e. The second-order valence-corrected chi connectivity index (χ2v) is 8.48. The summed E-state index contributed by atoms with van der Waals surface area (Å²) < 4.78 is 5.46. The maximum atomic E-state index is 12.4. The van der Waals surface area contributed by atoms with Gasteiger partial charge in [0.25, 0.3) is 0 Å². The van der Waals surface area contributed by atoms with Crippen LogP contribution >= 0.6 is 0 Å². The highest BCUT2D eigenvalue weighted by Gasteiger charge is 2.38. The van der Waals surface area contributed by atoms with Crippen LogP contribution in [0.3, 0.4) is 0 Å². The SMILES string of the molecule is CC(C)N1CCN([C@H]2C[C@@H](C(=O)O)CN(C(=O)OC(C)(C)C)C2)CC1. The number of carboxylic acids is 1. The summed E-state index contributed by atoms with van der Waals surface area (Å²) in [6.07, 6.45) is 0.181. The van der Waals surface area contributed by atoms with E-state index in [9.17, 15) is 14.7 Å². The van der Waals surface area contributed by atoms with Crippen LogP contribution in [-0.2, 0) is 9.53 Å². The lowest BCUT2D eigenvalue weighted by Crippen LogP contribution is -2.59. The van der Waals surface area contributed by atoms with Crippen molar-refractivity contribution in [1.29, 1.82) is 0 Å². The molecule has 1 amide bonds. The lowest BCUT2D eigenvalue weighted by molar-refractivity contribution is -0.144. The van der Waals surface area contributed by atoms with Gasteiger partial charge in [0, 0.05) is 51.4 Å². The number of amides is 1. The molecule has 0 aliphatic carbocycles. The average Bonchev–Trinajstić information content (AvgIpc) is 2.52. The largest absolute Gasteiger partial charge is 0.481 e. The first kappa shape index (κ1) is 20.0. The first-order valence-electron chi connectivity index (χ1n) is 9.25. The third kappa shape index (κ3) is 5.57. The normalized spacial score (nSPS) is 26.7. The van der Waals surface area contributed by atoms with E-state index < -0.39 is 23.6 Å². The first-order valence-corrected chi connectivity index (χ1v) is 9.25. The second kappa shape index (κ2) is 7.91. The molecule has 2 aliphatic heterocycles. The summed E-state index contributed by atoms with van der Waals surface area (Å²) in [4.78, 5) is 30.4. The summed E-state index contributed by atoms with van der Waals surface area (Å²) in [6, 6.07) is 0.607. The van der Waals surface area contributed by atoms with Crippen molar-refractivity contribution in [2.24, 2.45) is 5.92 Å². The van der Waals surface area contributed by atoms with Gasteiger partial charge in [-0.15, -0.1) is 0 Å². The fourth-order valence-electron chi connectivity index (χ4n) is 3.61. The monoisotopic (exact) mass is 355 g/mol. The van der Waals surface area contributed by atoms with E-state index in [1.165, 1.54) is 0 Å². The summed E-state index contributed by atoms with van der Waals surface area (Å²) >= 11 is 0. The number of aliphatic carboxylic acids is 1. The van der Waals surface area contributed by atoms with Gasteiger partial charge >= 0.3 is 12.1 Å². The zero-order chi connectivity index (χ0) is 18.8.